The minimum absolute atomic E-state index is 0.0266. The highest BCUT2D eigenvalue weighted by atomic mass is 32.2. The molecule has 1 aliphatic rings. The van der Waals surface area contributed by atoms with Crippen molar-refractivity contribution in [1.29, 1.82) is 0 Å². The average molecular weight is 269 g/mol. The van der Waals surface area contributed by atoms with E-state index in [1.807, 2.05) is 24.3 Å². The second-order valence-electron chi connectivity index (χ2n) is 4.93. The van der Waals surface area contributed by atoms with E-state index in [1.54, 1.807) is 6.92 Å². The van der Waals surface area contributed by atoms with Gasteiger partial charge in [-0.1, -0.05) is 18.2 Å². The quantitative estimate of drug-likeness (QED) is 0.895. The Kier molecular flexibility index (Phi) is 3.92. The molecule has 0 bridgehead atoms. The van der Waals surface area contributed by atoms with Crippen molar-refractivity contribution in [3.8, 4) is 5.75 Å². The van der Waals surface area contributed by atoms with Gasteiger partial charge in [0.2, 0.25) is 0 Å². The Bertz CT molecular complexity index is 511. The fourth-order valence-electron chi connectivity index (χ4n) is 2.36. The Morgan fingerprint density at radius 1 is 1.44 bits per heavy atom. The summed E-state index contributed by atoms with van der Waals surface area (Å²) in [5.74, 6) is 1.05. The van der Waals surface area contributed by atoms with Gasteiger partial charge in [-0.15, -0.1) is 0 Å². The fraction of sp³-hybridized carbons (Fsp3) is 0.538. The van der Waals surface area contributed by atoms with E-state index in [9.17, 15) is 8.42 Å². The number of nitrogens with two attached hydrogens (primary N) is 1. The molecule has 0 fully saturated rings. The highest BCUT2D eigenvalue weighted by Crippen LogP contribution is 2.34. The van der Waals surface area contributed by atoms with Gasteiger partial charge in [0.25, 0.3) is 0 Å². The van der Waals surface area contributed by atoms with Crippen molar-refractivity contribution in [3.63, 3.8) is 0 Å². The number of hydrogen-bond donors (Lipinski definition) is 1. The third kappa shape index (κ3) is 3.23. The van der Waals surface area contributed by atoms with Crippen LogP contribution < -0.4 is 10.5 Å². The molecule has 0 radical (unpaired) electrons. The van der Waals surface area contributed by atoms with Crippen LogP contribution >= 0.6 is 0 Å². The number of ether oxygens (including phenoxy) is 1. The van der Waals surface area contributed by atoms with Crippen molar-refractivity contribution in [2.75, 3.05) is 18.1 Å². The summed E-state index contributed by atoms with van der Waals surface area (Å²) in [5, 5.41) is 0. The lowest BCUT2D eigenvalue weighted by molar-refractivity contribution is 0.272. The first kappa shape index (κ1) is 13.4. The van der Waals surface area contributed by atoms with Gasteiger partial charge in [0.05, 0.1) is 18.1 Å². The predicted molar refractivity (Wildman–Crippen MR) is 71.6 cm³/mol. The van der Waals surface area contributed by atoms with Gasteiger partial charge in [0.15, 0.2) is 9.84 Å². The Morgan fingerprint density at radius 2 is 2.17 bits per heavy atom. The zero-order valence-corrected chi connectivity index (χ0v) is 11.3. The molecule has 0 saturated heterocycles. The van der Waals surface area contributed by atoms with Gasteiger partial charge < -0.3 is 10.5 Å². The molecular formula is C13H19NO3S. The van der Waals surface area contributed by atoms with Crippen LogP contribution in [0.4, 0.5) is 0 Å². The molecule has 5 heteroatoms. The van der Waals surface area contributed by atoms with Gasteiger partial charge in [-0.05, 0) is 25.0 Å². The molecule has 18 heavy (non-hydrogen) atoms. The normalized spacial score (nSPS) is 20.9. The maximum absolute atomic E-state index is 12.0. The number of fused-ring (bicyclic) bond motifs is 1. The standard InChI is InChI=1S/C13H19NO3S/c1-10(14)8-18(15,16)9-11-6-7-17-13-5-3-2-4-12(11)13/h2-5,10-11H,6-9,14H2,1H3. The van der Waals surface area contributed by atoms with E-state index in [1.165, 1.54) is 0 Å². The van der Waals surface area contributed by atoms with Crippen LogP contribution in [0.25, 0.3) is 0 Å². The van der Waals surface area contributed by atoms with Gasteiger partial charge in [0, 0.05) is 12.0 Å². The topological polar surface area (TPSA) is 69.4 Å². The maximum Gasteiger partial charge on any atom is 0.152 e. The summed E-state index contributed by atoms with van der Waals surface area (Å²) in [5.41, 5.74) is 6.57. The minimum atomic E-state index is -3.10. The lowest BCUT2D eigenvalue weighted by Crippen LogP contribution is -2.30. The van der Waals surface area contributed by atoms with Crippen LogP contribution in [0.15, 0.2) is 24.3 Å². The number of rotatable bonds is 4. The Labute approximate surface area is 108 Å². The molecule has 2 unspecified atom stereocenters. The summed E-state index contributed by atoms with van der Waals surface area (Å²) in [6, 6.07) is 7.33. The van der Waals surface area contributed by atoms with Crippen LogP contribution in [0.5, 0.6) is 5.75 Å². The molecule has 2 rings (SSSR count). The van der Waals surface area contributed by atoms with Crippen molar-refractivity contribution in [2.45, 2.75) is 25.3 Å². The largest absolute Gasteiger partial charge is 0.493 e. The van der Waals surface area contributed by atoms with Gasteiger partial charge in [-0.2, -0.15) is 0 Å². The van der Waals surface area contributed by atoms with Crippen molar-refractivity contribution in [1.82, 2.24) is 0 Å². The van der Waals surface area contributed by atoms with Crippen molar-refractivity contribution < 1.29 is 13.2 Å². The number of hydrogen-bond acceptors (Lipinski definition) is 4. The second-order valence-corrected chi connectivity index (χ2v) is 7.08. The molecule has 0 spiro atoms. The zero-order valence-electron chi connectivity index (χ0n) is 10.5. The van der Waals surface area contributed by atoms with Crippen LogP contribution in [-0.4, -0.2) is 32.6 Å². The molecule has 0 amide bonds. The molecular weight excluding hydrogens is 250 g/mol. The Hall–Kier alpha value is -1.07. The molecule has 0 aromatic heterocycles. The van der Waals surface area contributed by atoms with Crippen LogP contribution in [0, 0.1) is 0 Å². The number of para-hydroxylation sites is 1. The number of sulfone groups is 1. The van der Waals surface area contributed by atoms with Crippen molar-refractivity contribution in [2.24, 2.45) is 5.73 Å². The predicted octanol–water partition coefficient (Wildman–Crippen LogP) is 1.31. The lowest BCUT2D eigenvalue weighted by Gasteiger charge is -2.25. The molecule has 0 saturated carbocycles. The smallest absolute Gasteiger partial charge is 0.152 e. The molecule has 2 N–H and O–H groups in total. The molecule has 0 aliphatic carbocycles. The van der Waals surface area contributed by atoms with E-state index < -0.39 is 9.84 Å². The van der Waals surface area contributed by atoms with Crippen LogP contribution in [0.3, 0.4) is 0 Å². The molecule has 1 heterocycles. The molecule has 4 nitrogen and oxygen atoms in total. The summed E-state index contributed by atoms with van der Waals surface area (Å²) >= 11 is 0. The second kappa shape index (κ2) is 5.28. The highest BCUT2D eigenvalue weighted by molar-refractivity contribution is 7.91. The fourth-order valence-corrected chi connectivity index (χ4v) is 4.26. The maximum atomic E-state index is 12.0. The summed E-state index contributed by atoms with van der Waals surface area (Å²) in [6.45, 7) is 2.30. The average Bonchev–Trinajstić information content (AvgIpc) is 2.27. The monoisotopic (exact) mass is 269 g/mol. The molecule has 1 aromatic rings. The third-order valence-electron chi connectivity index (χ3n) is 3.05. The van der Waals surface area contributed by atoms with E-state index in [2.05, 4.69) is 0 Å². The molecule has 1 aromatic carbocycles. The first-order chi connectivity index (χ1) is 8.48. The van der Waals surface area contributed by atoms with Gasteiger partial charge in [0.1, 0.15) is 5.75 Å². The highest BCUT2D eigenvalue weighted by Gasteiger charge is 2.26. The summed E-state index contributed by atoms with van der Waals surface area (Å²) < 4.78 is 29.5. The zero-order chi connectivity index (χ0) is 13.2. The third-order valence-corrected chi connectivity index (χ3v) is 5.00. The molecule has 1 aliphatic heterocycles. The van der Waals surface area contributed by atoms with Crippen LogP contribution in [-0.2, 0) is 9.84 Å². The molecule has 2 atom stereocenters. The summed E-state index contributed by atoms with van der Waals surface area (Å²) in [4.78, 5) is 0. The van der Waals surface area contributed by atoms with Crippen molar-refractivity contribution in [3.05, 3.63) is 29.8 Å². The van der Waals surface area contributed by atoms with E-state index in [0.29, 0.717) is 6.61 Å². The van der Waals surface area contributed by atoms with E-state index >= 15 is 0 Å². The number of benzene rings is 1. The van der Waals surface area contributed by atoms with E-state index in [-0.39, 0.29) is 23.5 Å². The molecule has 100 valence electrons. The van der Waals surface area contributed by atoms with E-state index in [4.69, 9.17) is 10.5 Å². The Morgan fingerprint density at radius 3 is 2.89 bits per heavy atom. The minimum Gasteiger partial charge on any atom is -0.493 e. The first-order valence-electron chi connectivity index (χ1n) is 6.15. The lowest BCUT2D eigenvalue weighted by atomic mass is 9.95. The summed E-state index contributed by atoms with van der Waals surface area (Å²) in [7, 11) is -3.10. The van der Waals surface area contributed by atoms with Crippen molar-refractivity contribution >= 4 is 9.84 Å². The van der Waals surface area contributed by atoms with Crippen LogP contribution in [0.2, 0.25) is 0 Å². The van der Waals surface area contributed by atoms with Gasteiger partial charge >= 0.3 is 0 Å². The Balaban J connectivity index is 2.17. The van der Waals surface area contributed by atoms with Gasteiger partial charge in [-0.3, -0.25) is 0 Å². The van der Waals surface area contributed by atoms with Crippen LogP contribution in [0.1, 0.15) is 24.8 Å². The first-order valence-corrected chi connectivity index (χ1v) is 7.98. The van der Waals surface area contributed by atoms with Gasteiger partial charge in [-0.25, -0.2) is 8.42 Å². The SMILES string of the molecule is CC(N)CS(=O)(=O)CC1CCOc2ccccc21. The van der Waals surface area contributed by atoms with E-state index in [0.717, 1.165) is 17.7 Å². The summed E-state index contributed by atoms with van der Waals surface area (Å²) in [6.07, 6.45) is 0.745.